The van der Waals surface area contributed by atoms with Crippen LogP contribution in [0.2, 0.25) is 5.02 Å². The number of amides is 1. The molecule has 1 aliphatic rings. The summed E-state index contributed by atoms with van der Waals surface area (Å²) in [5.41, 5.74) is 4.55. The molecule has 0 aliphatic heterocycles. The van der Waals surface area contributed by atoms with Crippen LogP contribution in [-0.4, -0.2) is 44.2 Å². The number of aromatic amines is 1. The molecule has 0 unspecified atom stereocenters. The summed E-state index contributed by atoms with van der Waals surface area (Å²) < 4.78 is 6.28. The number of hydrogen-bond acceptors (Lipinski definition) is 5. The summed E-state index contributed by atoms with van der Waals surface area (Å²) >= 11 is 6.22. The van der Waals surface area contributed by atoms with Gasteiger partial charge in [-0.1, -0.05) is 23.7 Å². The van der Waals surface area contributed by atoms with E-state index >= 15 is 0 Å². The smallest absolute Gasteiger partial charge is 0.254 e. The first-order valence-corrected chi connectivity index (χ1v) is 11.6. The number of nitrogens with zero attached hydrogens (tertiary/aromatic N) is 3. The van der Waals surface area contributed by atoms with Crippen molar-refractivity contribution in [2.45, 2.75) is 38.5 Å². The summed E-state index contributed by atoms with van der Waals surface area (Å²) in [6.45, 7) is 0.166. The highest BCUT2D eigenvalue weighted by molar-refractivity contribution is 6.30. The fourth-order valence-electron chi connectivity index (χ4n) is 4.15. The van der Waals surface area contributed by atoms with Crippen molar-refractivity contribution < 1.29 is 14.6 Å². The second-order valence-electron chi connectivity index (χ2n) is 8.60. The standard InChI is InChI=1S/C26H25ClN4O3/c1-31(14-18-12-28-23(15-32)22-13-29-30-25(18)22)26(33)17-8-9-21(16-4-2-5-19(27)10-16)24(11-17)34-20-6-3-7-20/h2,4-5,8-13,20,32H,3,6-7,14-15H2,1H3,(H,29,30). The Morgan fingerprint density at radius 3 is 2.82 bits per heavy atom. The van der Waals surface area contributed by atoms with Gasteiger partial charge in [0.05, 0.1) is 30.1 Å². The van der Waals surface area contributed by atoms with E-state index in [1.54, 1.807) is 24.3 Å². The number of hydrogen-bond donors (Lipinski definition) is 2. The van der Waals surface area contributed by atoms with Crippen LogP contribution in [0.4, 0.5) is 0 Å². The van der Waals surface area contributed by atoms with E-state index in [4.69, 9.17) is 16.3 Å². The van der Waals surface area contributed by atoms with Crippen molar-refractivity contribution in [1.82, 2.24) is 20.1 Å². The van der Waals surface area contributed by atoms with E-state index in [-0.39, 0.29) is 18.6 Å². The molecule has 2 heterocycles. The van der Waals surface area contributed by atoms with Crippen LogP contribution in [-0.2, 0) is 13.2 Å². The zero-order valence-electron chi connectivity index (χ0n) is 18.8. The first-order valence-electron chi connectivity index (χ1n) is 11.3. The molecule has 174 valence electrons. The molecule has 1 aliphatic carbocycles. The molecule has 0 saturated heterocycles. The molecule has 0 spiro atoms. The average Bonchev–Trinajstić information content (AvgIpc) is 3.31. The van der Waals surface area contributed by atoms with Crippen LogP contribution in [0.15, 0.2) is 54.9 Å². The minimum absolute atomic E-state index is 0.130. The fourth-order valence-corrected chi connectivity index (χ4v) is 4.34. The van der Waals surface area contributed by atoms with E-state index in [1.807, 2.05) is 42.5 Å². The first kappa shape index (κ1) is 22.4. The molecule has 1 saturated carbocycles. The Morgan fingerprint density at radius 1 is 1.24 bits per heavy atom. The maximum Gasteiger partial charge on any atom is 0.254 e. The van der Waals surface area contributed by atoms with Crippen LogP contribution in [0.3, 0.4) is 0 Å². The number of aliphatic hydroxyl groups excluding tert-OH is 1. The van der Waals surface area contributed by atoms with Gasteiger partial charge in [0.15, 0.2) is 0 Å². The van der Waals surface area contributed by atoms with Crippen molar-refractivity contribution in [2.75, 3.05) is 7.05 Å². The maximum atomic E-state index is 13.3. The van der Waals surface area contributed by atoms with Crippen LogP contribution >= 0.6 is 11.6 Å². The van der Waals surface area contributed by atoms with Gasteiger partial charge in [-0.15, -0.1) is 0 Å². The number of carbonyl (C=O) groups excluding carboxylic acids is 1. The number of pyridine rings is 1. The third kappa shape index (κ3) is 4.36. The largest absolute Gasteiger partial charge is 0.490 e. The predicted octanol–water partition coefficient (Wildman–Crippen LogP) is 4.97. The number of ether oxygens (including phenoxy) is 1. The highest BCUT2D eigenvalue weighted by Crippen LogP contribution is 2.36. The van der Waals surface area contributed by atoms with Crippen LogP contribution in [0.25, 0.3) is 22.0 Å². The van der Waals surface area contributed by atoms with Gasteiger partial charge in [-0.05, 0) is 55.2 Å². The Morgan fingerprint density at radius 2 is 2.09 bits per heavy atom. The Balaban J connectivity index is 1.43. The second kappa shape index (κ2) is 9.44. The summed E-state index contributed by atoms with van der Waals surface area (Å²) in [5, 5.41) is 17.9. The maximum absolute atomic E-state index is 13.3. The molecule has 4 aromatic rings. The number of carbonyl (C=O) groups is 1. The monoisotopic (exact) mass is 476 g/mol. The molecule has 34 heavy (non-hydrogen) atoms. The average molecular weight is 477 g/mol. The summed E-state index contributed by atoms with van der Waals surface area (Å²) in [6, 6.07) is 13.2. The van der Waals surface area contributed by atoms with Crippen LogP contribution < -0.4 is 4.74 Å². The molecule has 8 heteroatoms. The van der Waals surface area contributed by atoms with E-state index in [0.717, 1.165) is 46.9 Å². The van der Waals surface area contributed by atoms with Gasteiger partial charge in [0.1, 0.15) is 5.75 Å². The molecule has 5 rings (SSSR count). The number of fused-ring (bicyclic) bond motifs is 1. The lowest BCUT2D eigenvalue weighted by atomic mass is 9.95. The molecule has 2 N–H and O–H groups in total. The number of H-pyrrole nitrogens is 1. The second-order valence-corrected chi connectivity index (χ2v) is 9.04. The SMILES string of the molecule is CN(Cc1cnc(CO)c2cn[nH]c12)C(=O)c1ccc(-c2cccc(Cl)c2)c(OC2CCC2)c1. The van der Waals surface area contributed by atoms with Gasteiger partial charge in [-0.25, -0.2) is 0 Å². The lowest BCUT2D eigenvalue weighted by Gasteiger charge is -2.28. The minimum atomic E-state index is -0.173. The van der Waals surface area contributed by atoms with Crippen molar-refractivity contribution in [1.29, 1.82) is 0 Å². The number of aromatic nitrogens is 3. The Kier molecular flexibility index (Phi) is 6.22. The Bertz CT molecular complexity index is 1350. The molecule has 1 fully saturated rings. The van der Waals surface area contributed by atoms with Crippen LogP contribution in [0.1, 0.15) is 40.9 Å². The van der Waals surface area contributed by atoms with Crippen molar-refractivity contribution in [2.24, 2.45) is 0 Å². The molecule has 2 aromatic heterocycles. The highest BCUT2D eigenvalue weighted by atomic mass is 35.5. The zero-order chi connectivity index (χ0) is 23.7. The van der Waals surface area contributed by atoms with Gasteiger partial charge >= 0.3 is 0 Å². The summed E-state index contributed by atoms with van der Waals surface area (Å²) in [4.78, 5) is 19.3. The number of aliphatic hydroxyl groups is 1. The van der Waals surface area contributed by atoms with Gasteiger partial charge in [0, 0.05) is 46.9 Å². The van der Waals surface area contributed by atoms with Crippen LogP contribution in [0, 0.1) is 0 Å². The third-order valence-electron chi connectivity index (χ3n) is 6.26. The van der Waals surface area contributed by atoms with Gasteiger partial charge in [0.2, 0.25) is 0 Å². The molecule has 0 radical (unpaired) electrons. The highest BCUT2D eigenvalue weighted by Gasteiger charge is 2.23. The Hall–Kier alpha value is -3.42. The zero-order valence-corrected chi connectivity index (χ0v) is 19.5. The lowest BCUT2D eigenvalue weighted by Crippen LogP contribution is -2.27. The first-order chi connectivity index (χ1) is 16.5. The van der Waals surface area contributed by atoms with Crippen molar-refractivity contribution in [3.8, 4) is 16.9 Å². The third-order valence-corrected chi connectivity index (χ3v) is 6.50. The van der Waals surface area contributed by atoms with Gasteiger partial charge in [0.25, 0.3) is 5.91 Å². The minimum Gasteiger partial charge on any atom is -0.490 e. The van der Waals surface area contributed by atoms with E-state index in [2.05, 4.69) is 15.2 Å². The van der Waals surface area contributed by atoms with Crippen molar-refractivity contribution in [3.05, 3.63) is 76.7 Å². The van der Waals surface area contributed by atoms with Gasteiger partial charge in [-0.3, -0.25) is 14.9 Å². The number of rotatable bonds is 7. The summed E-state index contributed by atoms with van der Waals surface area (Å²) in [5.74, 6) is 0.561. The molecule has 0 atom stereocenters. The van der Waals surface area contributed by atoms with E-state index < -0.39 is 0 Å². The van der Waals surface area contributed by atoms with Crippen molar-refractivity contribution >= 4 is 28.4 Å². The van der Waals surface area contributed by atoms with E-state index in [1.165, 1.54) is 0 Å². The summed E-state index contributed by atoms with van der Waals surface area (Å²) in [6.07, 6.45) is 6.67. The van der Waals surface area contributed by atoms with Gasteiger partial charge in [-0.2, -0.15) is 5.10 Å². The molecule has 7 nitrogen and oxygen atoms in total. The molecule has 2 aromatic carbocycles. The summed E-state index contributed by atoms with van der Waals surface area (Å²) in [7, 11) is 1.75. The van der Waals surface area contributed by atoms with Gasteiger partial charge < -0.3 is 14.7 Å². The fraction of sp³-hybridized carbons (Fsp3) is 0.269. The van der Waals surface area contributed by atoms with E-state index in [0.29, 0.717) is 28.6 Å². The normalized spacial score (nSPS) is 13.6. The quantitative estimate of drug-likeness (QED) is 0.392. The Labute approximate surface area is 202 Å². The number of nitrogens with one attached hydrogen (secondary N) is 1. The molecular weight excluding hydrogens is 452 g/mol. The van der Waals surface area contributed by atoms with Crippen LogP contribution in [0.5, 0.6) is 5.75 Å². The number of halogens is 1. The number of benzene rings is 2. The molecular formula is C26H25ClN4O3. The topological polar surface area (TPSA) is 91.3 Å². The lowest BCUT2D eigenvalue weighted by molar-refractivity contribution is 0.0783. The molecule has 0 bridgehead atoms. The van der Waals surface area contributed by atoms with E-state index in [9.17, 15) is 9.90 Å². The van der Waals surface area contributed by atoms with Crippen molar-refractivity contribution in [3.63, 3.8) is 0 Å². The molecule has 1 amide bonds. The predicted molar refractivity (Wildman–Crippen MR) is 131 cm³/mol.